The predicted molar refractivity (Wildman–Crippen MR) is 92.1 cm³/mol. The summed E-state index contributed by atoms with van der Waals surface area (Å²) < 4.78 is 66.6. The highest BCUT2D eigenvalue weighted by molar-refractivity contribution is 7.98. The van der Waals surface area contributed by atoms with Crippen LogP contribution in [0.15, 0.2) is 41.6 Å². The summed E-state index contributed by atoms with van der Waals surface area (Å²) >= 11 is 1.23. The Kier molecular flexibility index (Phi) is 5.28. The average molecular weight is 428 g/mol. The fourth-order valence-corrected chi connectivity index (χ4v) is 3.58. The van der Waals surface area contributed by atoms with Crippen LogP contribution in [-0.2, 0) is 17.1 Å². The minimum atomic E-state index is -4.77. The molecule has 0 atom stereocenters. The van der Waals surface area contributed by atoms with Gasteiger partial charge in [0.15, 0.2) is 6.79 Å². The Morgan fingerprint density at radius 3 is 2.72 bits per heavy atom. The Bertz CT molecular complexity index is 1010. The van der Waals surface area contributed by atoms with E-state index in [1.807, 2.05) is 0 Å². The average Bonchev–Trinajstić information content (AvgIpc) is 3.14. The molecule has 0 saturated carbocycles. The van der Waals surface area contributed by atoms with Crippen molar-refractivity contribution in [2.45, 2.75) is 23.9 Å². The molecule has 0 radical (unpaired) electrons. The molecule has 0 N–H and O–H groups in total. The van der Waals surface area contributed by atoms with Gasteiger partial charge < -0.3 is 14.2 Å². The second-order valence-electron chi connectivity index (χ2n) is 5.87. The van der Waals surface area contributed by atoms with Crippen molar-refractivity contribution in [3.05, 3.63) is 53.3 Å². The Hall–Kier alpha value is -2.86. The summed E-state index contributed by atoms with van der Waals surface area (Å²) in [5, 5.41) is 11.8. The lowest BCUT2D eigenvalue weighted by Crippen LogP contribution is -2.17. The summed E-state index contributed by atoms with van der Waals surface area (Å²) in [6.07, 6.45) is -4.77. The van der Waals surface area contributed by atoms with Crippen molar-refractivity contribution in [2.75, 3.05) is 6.79 Å². The van der Waals surface area contributed by atoms with Gasteiger partial charge in [-0.15, -0.1) is 18.3 Å². The number of aromatic nitrogens is 4. The number of hydrogen-bond acceptors (Lipinski definition) is 7. The van der Waals surface area contributed by atoms with Crippen molar-refractivity contribution in [2.24, 2.45) is 0 Å². The van der Waals surface area contributed by atoms with E-state index in [9.17, 15) is 17.6 Å². The van der Waals surface area contributed by atoms with Gasteiger partial charge >= 0.3 is 6.36 Å². The van der Waals surface area contributed by atoms with E-state index in [0.717, 1.165) is 12.1 Å². The number of ether oxygens (including phenoxy) is 3. The van der Waals surface area contributed by atoms with Crippen LogP contribution in [-0.4, -0.2) is 33.4 Å². The second-order valence-corrected chi connectivity index (χ2v) is 6.81. The van der Waals surface area contributed by atoms with Crippen LogP contribution in [0, 0.1) is 5.82 Å². The summed E-state index contributed by atoms with van der Waals surface area (Å²) in [7, 11) is 0. The van der Waals surface area contributed by atoms with Gasteiger partial charge in [-0.2, -0.15) is 4.68 Å². The molecular weight excluding hydrogens is 416 g/mol. The van der Waals surface area contributed by atoms with Crippen molar-refractivity contribution in [1.82, 2.24) is 20.2 Å². The van der Waals surface area contributed by atoms with Crippen LogP contribution in [0.25, 0.3) is 5.69 Å². The molecule has 7 nitrogen and oxygen atoms in total. The highest BCUT2D eigenvalue weighted by atomic mass is 32.2. The Labute approximate surface area is 165 Å². The molecule has 0 spiro atoms. The van der Waals surface area contributed by atoms with Gasteiger partial charge in [-0.1, -0.05) is 11.8 Å². The highest BCUT2D eigenvalue weighted by Crippen LogP contribution is 2.34. The van der Waals surface area contributed by atoms with E-state index in [1.54, 1.807) is 0 Å². The Balaban J connectivity index is 1.52. The van der Waals surface area contributed by atoms with Gasteiger partial charge in [0.25, 0.3) is 0 Å². The molecule has 2 aromatic carbocycles. The van der Waals surface area contributed by atoms with Crippen LogP contribution in [0.4, 0.5) is 17.6 Å². The number of hydrogen-bond donors (Lipinski definition) is 0. The molecule has 3 aromatic rings. The van der Waals surface area contributed by atoms with Crippen molar-refractivity contribution in [1.29, 1.82) is 0 Å². The number of thioether (sulfide) groups is 1. The van der Waals surface area contributed by atoms with Crippen molar-refractivity contribution in [3.8, 4) is 17.2 Å². The topological polar surface area (TPSA) is 71.3 Å². The molecule has 1 aliphatic heterocycles. The lowest BCUT2D eigenvalue weighted by atomic mass is 10.1. The maximum atomic E-state index is 13.9. The maximum Gasteiger partial charge on any atom is 0.573 e. The van der Waals surface area contributed by atoms with E-state index in [0.29, 0.717) is 33.5 Å². The second kappa shape index (κ2) is 7.87. The predicted octanol–water partition coefficient (Wildman–Crippen LogP) is 3.86. The normalized spacial score (nSPS) is 13.7. The first kappa shape index (κ1) is 19.5. The third kappa shape index (κ3) is 4.59. The van der Waals surface area contributed by atoms with E-state index in [-0.39, 0.29) is 19.1 Å². The minimum absolute atomic E-state index is 0.0837. The van der Waals surface area contributed by atoms with Gasteiger partial charge in [0.2, 0.25) is 5.16 Å². The van der Waals surface area contributed by atoms with Crippen LogP contribution in [0.3, 0.4) is 0 Å². The number of halogens is 4. The minimum Gasteiger partial charge on any atom is -0.467 e. The number of benzene rings is 2. The first-order valence-corrected chi connectivity index (χ1v) is 9.17. The zero-order valence-electron chi connectivity index (χ0n) is 14.5. The molecule has 0 bridgehead atoms. The fraction of sp³-hybridized carbons (Fsp3) is 0.235. The van der Waals surface area contributed by atoms with Crippen molar-refractivity contribution >= 4 is 11.8 Å². The quantitative estimate of drug-likeness (QED) is 0.451. The van der Waals surface area contributed by atoms with Gasteiger partial charge in [-0.05, 0) is 46.8 Å². The molecular formula is C17H12F4N4O3S. The molecule has 0 saturated heterocycles. The van der Waals surface area contributed by atoms with E-state index < -0.39 is 12.2 Å². The van der Waals surface area contributed by atoms with Crippen LogP contribution in [0.2, 0.25) is 0 Å². The number of tetrazole rings is 1. The molecule has 0 fully saturated rings. The summed E-state index contributed by atoms with van der Waals surface area (Å²) in [5.41, 5.74) is 1.68. The van der Waals surface area contributed by atoms with E-state index in [4.69, 9.17) is 9.47 Å². The standard InChI is InChI=1S/C17H12F4N4O3S/c18-12-5-10-7-26-9-27-15(10)11(6-12)8-29-16-22-23-24-25(16)13-1-3-14(4-2-13)28-17(19,20)21/h1-6H,7-9H2. The van der Waals surface area contributed by atoms with Crippen LogP contribution >= 0.6 is 11.8 Å². The van der Waals surface area contributed by atoms with E-state index in [1.165, 1.54) is 40.7 Å². The molecule has 1 aromatic heterocycles. The first-order valence-electron chi connectivity index (χ1n) is 8.18. The third-order valence-electron chi connectivity index (χ3n) is 3.86. The molecule has 0 aliphatic carbocycles. The first-order chi connectivity index (χ1) is 13.9. The van der Waals surface area contributed by atoms with Crippen LogP contribution in [0.5, 0.6) is 11.5 Å². The summed E-state index contributed by atoms with van der Waals surface area (Å²) in [6, 6.07) is 7.84. The Morgan fingerprint density at radius 1 is 1.17 bits per heavy atom. The molecule has 1 aliphatic rings. The number of alkyl halides is 3. The van der Waals surface area contributed by atoms with Crippen molar-refractivity contribution in [3.63, 3.8) is 0 Å². The number of fused-ring (bicyclic) bond motifs is 1. The van der Waals surface area contributed by atoms with E-state index >= 15 is 0 Å². The molecule has 2 heterocycles. The molecule has 4 rings (SSSR count). The zero-order valence-corrected chi connectivity index (χ0v) is 15.3. The summed E-state index contributed by atoms with van der Waals surface area (Å²) in [4.78, 5) is 0. The molecule has 12 heteroatoms. The Morgan fingerprint density at radius 2 is 1.97 bits per heavy atom. The van der Waals surface area contributed by atoms with Gasteiger partial charge in [0.05, 0.1) is 12.3 Å². The third-order valence-corrected chi connectivity index (χ3v) is 4.83. The SMILES string of the molecule is Fc1cc2c(c(CSc3nnnn3-c3ccc(OC(F)(F)F)cc3)c1)OCOC2. The number of rotatable bonds is 5. The maximum absolute atomic E-state index is 13.9. The van der Waals surface area contributed by atoms with E-state index in [2.05, 4.69) is 20.3 Å². The van der Waals surface area contributed by atoms with Gasteiger partial charge in [0.1, 0.15) is 17.3 Å². The molecule has 152 valence electrons. The van der Waals surface area contributed by atoms with Crippen molar-refractivity contribution < 1.29 is 31.8 Å². The lowest BCUT2D eigenvalue weighted by molar-refractivity contribution is -0.274. The monoisotopic (exact) mass is 428 g/mol. The molecule has 29 heavy (non-hydrogen) atoms. The number of nitrogens with zero attached hydrogens (tertiary/aromatic N) is 4. The highest BCUT2D eigenvalue weighted by Gasteiger charge is 2.31. The van der Waals surface area contributed by atoms with Gasteiger partial charge in [-0.3, -0.25) is 0 Å². The van der Waals surface area contributed by atoms with Gasteiger partial charge in [0, 0.05) is 16.9 Å². The lowest BCUT2D eigenvalue weighted by Gasteiger charge is -2.20. The van der Waals surface area contributed by atoms with Crippen LogP contribution in [0.1, 0.15) is 11.1 Å². The molecule has 0 amide bonds. The zero-order chi connectivity index (χ0) is 20.4. The van der Waals surface area contributed by atoms with Crippen LogP contribution < -0.4 is 9.47 Å². The molecule has 0 unspecified atom stereocenters. The largest absolute Gasteiger partial charge is 0.573 e. The fourth-order valence-electron chi connectivity index (χ4n) is 2.73. The summed E-state index contributed by atoms with van der Waals surface area (Å²) in [6.45, 7) is 0.342. The smallest absolute Gasteiger partial charge is 0.467 e. The van der Waals surface area contributed by atoms with Gasteiger partial charge in [-0.25, -0.2) is 4.39 Å². The summed E-state index contributed by atoms with van der Waals surface area (Å²) in [5.74, 6) is 0.121.